The average Bonchev–Trinajstić information content (AvgIpc) is 2.27. The molecule has 0 heterocycles. The van der Waals surface area contributed by atoms with Crippen LogP contribution >= 0.6 is 27.7 Å². The van der Waals surface area contributed by atoms with Gasteiger partial charge in [-0.1, -0.05) is 13.0 Å². The minimum atomic E-state index is -0.299. The quantitative estimate of drug-likeness (QED) is 0.793. The molecule has 1 aromatic rings. The van der Waals surface area contributed by atoms with Crippen molar-refractivity contribution in [1.82, 2.24) is 5.32 Å². The Morgan fingerprint density at radius 2 is 2.29 bits per heavy atom. The molecule has 3 N–H and O–H groups in total. The Morgan fingerprint density at radius 3 is 2.82 bits per heavy atom. The van der Waals surface area contributed by atoms with E-state index in [0.717, 1.165) is 15.9 Å². The Morgan fingerprint density at radius 1 is 1.59 bits per heavy atom. The molecule has 0 saturated heterocycles. The second-order valence-corrected chi connectivity index (χ2v) is 5.60. The van der Waals surface area contributed by atoms with E-state index in [-0.39, 0.29) is 5.91 Å². The molecule has 1 unspecified atom stereocenters. The fraction of sp³-hybridized carbons (Fsp3) is 0.417. The number of carbonyl (C=O) groups is 1. The first-order chi connectivity index (χ1) is 8.04. The first-order valence-electron chi connectivity index (χ1n) is 5.48. The number of hydrogen-bond donors (Lipinski definition) is 2. The number of carbonyl (C=O) groups excluding carboxylic acids is 1. The molecule has 0 aliphatic carbocycles. The van der Waals surface area contributed by atoms with Gasteiger partial charge in [-0.05, 0) is 47.1 Å². The highest BCUT2D eigenvalue weighted by Gasteiger charge is 2.08. The van der Waals surface area contributed by atoms with Crippen molar-refractivity contribution in [3.8, 4) is 0 Å². The van der Waals surface area contributed by atoms with Crippen LogP contribution in [0.3, 0.4) is 0 Å². The number of thioether (sulfide) groups is 1. The van der Waals surface area contributed by atoms with Crippen LogP contribution in [-0.4, -0.2) is 18.2 Å². The molecular formula is C12H17BrN2OS. The van der Waals surface area contributed by atoms with Gasteiger partial charge in [0.05, 0.1) is 5.75 Å². The van der Waals surface area contributed by atoms with Crippen molar-refractivity contribution in [2.24, 2.45) is 5.73 Å². The van der Waals surface area contributed by atoms with E-state index in [2.05, 4.69) is 47.2 Å². The lowest BCUT2D eigenvalue weighted by Gasteiger charge is -2.14. The predicted molar refractivity (Wildman–Crippen MR) is 76.2 cm³/mol. The summed E-state index contributed by atoms with van der Waals surface area (Å²) in [7, 11) is 0. The third kappa shape index (κ3) is 4.69. The molecule has 0 spiro atoms. The van der Waals surface area contributed by atoms with Gasteiger partial charge in [-0.15, -0.1) is 11.8 Å². The molecule has 0 aliphatic heterocycles. The summed E-state index contributed by atoms with van der Waals surface area (Å²) >= 11 is 4.96. The Balaban J connectivity index is 2.75. The smallest absolute Gasteiger partial charge is 0.227 e. The molecule has 0 saturated carbocycles. The minimum Gasteiger partial charge on any atom is -0.369 e. The van der Waals surface area contributed by atoms with Gasteiger partial charge in [0.25, 0.3) is 0 Å². The van der Waals surface area contributed by atoms with Gasteiger partial charge in [-0.2, -0.15) is 0 Å². The summed E-state index contributed by atoms with van der Waals surface area (Å²) in [5.41, 5.74) is 6.35. The molecule has 94 valence electrons. The van der Waals surface area contributed by atoms with Gasteiger partial charge < -0.3 is 11.1 Å². The number of halogens is 1. The van der Waals surface area contributed by atoms with Crippen molar-refractivity contribution >= 4 is 33.6 Å². The molecule has 1 rings (SSSR count). The van der Waals surface area contributed by atoms with Crippen LogP contribution in [0.2, 0.25) is 0 Å². The molecule has 3 nitrogen and oxygen atoms in total. The van der Waals surface area contributed by atoms with Gasteiger partial charge in [0.2, 0.25) is 5.91 Å². The lowest BCUT2D eigenvalue weighted by atomic mass is 10.1. The Labute approximate surface area is 115 Å². The number of amides is 1. The fourth-order valence-corrected chi connectivity index (χ4v) is 2.88. The van der Waals surface area contributed by atoms with Gasteiger partial charge in [0.1, 0.15) is 0 Å². The van der Waals surface area contributed by atoms with E-state index < -0.39 is 0 Å². The summed E-state index contributed by atoms with van der Waals surface area (Å²) in [6.45, 7) is 5.15. The topological polar surface area (TPSA) is 55.1 Å². The van der Waals surface area contributed by atoms with Gasteiger partial charge in [0.15, 0.2) is 0 Å². The van der Waals surface area contributed by atoms with Crippen LogP contribution in [0.5, 0.6) is 0 Å². The largest absolute Gasteiger partial charge is 0.369 e. The molecule has 17 heavy (non-hydrogen) atoms. The highest BCUT2D eigenvalue weighted by atomic mass is 79.9. The van der Waals surface area contributed by atoms with Gasteiger partial charge in [-0.25, -0.2) is 0 Å². The number of benzene rings is 1. The standard InChI is InChI=1S/C12H17BrN2OS/c1-3-15-8(2)9-4-5-11(10(13)6-9)17-7-12(14)16/h4-6,8,15H,3,7H2,1-2H3,(H2,14,16). The second kappa shape index (κ2) is 7.03. The number of hydrogen-bond acceptors (Lipinski definition) is 3. The van der Waals surface area contributed by atoms with Crippen molar-refractivity contribution < 1.29 is 4.79 Å². The van der Waals surface area contributed by atoms with Crippen LogP contribution in [-0.2, 0) is 4.79 Å². The van der Waals surface area contributed by atoms with E-state index in [1.165, 1.54) is 17.3 Å². The van der Waals surface area contributed by atoms with Gasteiger partial charge in [0, 0.05) is 15.4 Å². The number of primary amides is 1. The van der Waals surface area contributed by atoms with E-state index >= 15 is 0 Å². The zero-order valence-electron chi connectivity index (χ0n) is 10.00. The summed E-state index contributed by atoms with van der Waals surface area (Å²) in [4.78, 5) is 11.8. The molecule has 1 aromatic carbocycles. The van der Waals surface area contributed by atoms with Crippen LogP contribution < -0.4 is 11.1 Å². The number of rotatable bonds is 6. The summed E-state index contributed by atoms with van der Waals surface area (Å²) in [6.07, 6.45) is 0. The zero-order valence-corrected chi connectivity index (χ0v) is 12.4. The van der Waals surface area contributed by atoms with E-state index in [4.69, 9.17) is 5.73 Å². The van der Waals surface area contributed by atoms with E-state index in [9.17, 15) is 4.79 Å². The Bertz CT molecular complexity index is 398. The summed E-state index contributed by atoms with van der Waals surface area (Å²) in [5.74, 6) is 0.00718. The lowest BCUT2D eigenvalue weighted by molar-refractivity contribution is -0.115. The minimum absolute atomic E-state index is 0.299. The van der Waals surface area contributed by atoms with Crippen molar-refractivity contribution in [2.75, 3.05) is 12.3 Å². The van der Waals surface area contributed by atoms with Gasteiger partial charge in [-0.3, -0.25) is 4.79 Å². The first-order valence-corrected chi connectivity index (χ1v) is 7.26. The molecule has 0 bridgehead atoms. The number of nitrogens with one attached hydrogen (secondary N) is 1. The SMILES string of the molecule is CCNC(C)c1ccc(SCC(N)=O)c(Br)c1. The van der Waals surface area contributed by atoms with Crippen LogP contribution in [0.1, 0.15) is 25.5 Å². The van der Waals surface area contributed by atoms with Crippen LogP contribution in [0.4, 0.5) is 0 Å². The molecule has 5 heteroatoms. The predicted octanol–water partition coefficient (Wildman–Crippen LogP) is 2.70. The van der Waals surface area contributed by atoms with E-state index in [1.54, 1.807) is 0 Å². The summed E-state index contributed by atoms with van der Waals surface area (Å²) < 4.78 is 1.01. The fourth-order valence-electron chi connectivity index (χ4n) is 1.48. The highest BCUT2D eigenvalue weighted by Crippen LogP contribution is 2.29. The number of nitrogens with two attached hydrogens (primary N) is 1. The maximum absolute atomic E-state index is 10.7. The van der Waals surface area contributed by atoms with Crippen molar-refractivity contribution in [3.05, 3.63) is 28.2 Å². The van der Waals surface area contributed by atoms with Crippen molar-refractivity contribution in [3.63, 3.8) is 0 Å². The van der Waals surface area contributed by atoms with Gasteiger partial charge >= 0.3 is 0 Å². The first kappa shape index (κ1) is 14.5. The van der Waals surface area contributed by atoms with Crippen LogP contribution in [0.25, 0.3) is 0 Å². The summed E-state index contributed by atoms with van der Waals surface area (Å²) in [5, 5.41) is 3.36. The maximum Gasteiger partial charge on any atom is 0.227 e. The maximum atomic E-state index is 10.7. The van der Waals surface area contributed by atoms with Crippen molar-refractivity contribution in [1.29, 1.82) is 0 Å². The van der Waals surface area contributed by atoms with Crippen LogP contribution in [0, 0.1) is 0 Å². The molecule has 0 radical (unpaired) electrons. The van der Waals surface area contributed by atoms with E-state index in [1.807, 2.05) is 6.07 Å². The average molecular weight is 317 g/mol. The third-order valence-corrected chi connectivity index (χ3v) is 4.35. The van der Waals surface area contributed by atoms with Crippen molar-refractivity contribution in [2.45, 2.75) is 24.8 Å². The zero-order chi connectivity index (χ0) is 12.8. The molecule has 0 fully saturated rings. The normalized spacial score (nSPS) is 12.4. The molecule has 0 aromatic heterocycles. The lowest BCUT2D eigenvalue weighted by Crippen LogP contribution is -2.17. The molecule has 1 amide bonds. The molecule has 1 atom stereocenters. The third-order valence-electron chi connectivity index (χ3n) is 2.34. The highest BCUT2D eigenvalue weighted by molar-refractivity contribution is 9.10. The summed E-state index contributed by atoms with van der Waals surface area (Å²) in [6, 6.07) is 6.49. The molecule has 0 aliphatic rings. The monoisotopic (exact) mass is 316 g/mol. The van der Waals surface area contributed by atoms with Crippen LogP contribution in [0.15, 0.2) is 27.6 Å². The Kier molecular flexibility index (Phi) is 6.02. The Hall–Kier alpha value is -0.520. The van der Waals surface area contributed by atoms with E-state index in [0.29, 0.717) is 11.8 Å². The molecular weight excluding hydrogens is 300 g/mol. The second-order valence-electron chi connectivity index (χ2n) is 3.72.